The molecule has 1 rings (SSSR count). The number of ether oxygens (including phenoxy) is 2. The molecule has 1 saturated heterocycles. The van der Waals surface area contributed by atoms with E-state index in [0.717, 1.165) is 12.0 Å². The molecule has 0 N–H and O–H groups in total. The van der Waals surface area contributed by atoms with Gasteiger partial charge in [0.25, 0.3) is 0 Å². The van der Waals surface area contributed by atoms with Crippen LogP contribution in [0.25, 0.3) is 0 Å². The van der Waals surface area contributed by atoms with Crippen LogP contribution in [0.5, 0.6) is 0 Å². The maximum Gasteiger partial charge on any atom is 0.164 e. The van der Waals surface area contributed by atoms with E-state index in [2.05, 4.69) is 45.0 Å². The summed E-state index contributed by atoms with van der Waals surface area (Å²) in [5.41, 5.74) is 1.03. The van der Waals surface area contributed by atoms with E-state index in [9.17, 15) is 0 Å². The first-order valence-corrected chi connectivity index (χ1v) is 10.7. The smallest absolute Gasteiger partial charge is 0.164 e. The number of hydrogen-bond donors (Lipinski definition) is 0. The molecule has 0 aromatic heterocycles. The highest BCUT2D eigenvalue weighted by atomic mass is 28.3. The van der Waals surface area contributed by atoms with E-state index < -0.39 is 13.9 Å². The monoisotopic (exact) mass is 280 g/mol. The Kier molecular flexibility index (Phi) is 5.36. The molecule has 3 heteroatoms. The van der Waals surface area contributed by atoms with Gasteiger partial charge in [0, 0.05) is 14.5 Å². The van der Waals surface area contributed by atoms with E-state index in [-0.39, 0.29) is 12.2 Å². The molecule has 2 nitrogen and oxygen atoms in total. The van der Waals surface area contributed by atoms with Gasteiger partial charge in [-0.2, -0.15) is 0 Å². The Morgan fingerprint density at radius 3 is 2.47 bits per heavy atom. The van der Waals surface area contributed by atoms with Gasteiger partial charge in [-0.25, -0.2) is 0 Å². The highest BCUT2D eigenvalue weighted by Gasteiger charge is 2.34. The van der Waals surface area contributed by atoms with Crippen molar-refractivity contribution >= 4 is 8.07 Å². The first-order valence-electron chi connectivity index (χ1n) is 6.96. The van der Waals surface area contributed by atoms with Crippen molar-refractivity contribution in [2.24, 2.45) is 0 Å². The number of allylic oxidation sites excluding steroid dienone is 1. The number of rotatable bonds is 5. The van der Waals surface area contributed by atoms with Crippen LogP contribution in [0.3, 0.4) is 0 Å². The molecule has 1 heterocycles. The van der Waals surface area contributed by atoms with Crippen molar-refractivity contribution in [1.29, 1.82) is 0 Å². The second-order valence-electron chi connectivity index (χ2n) is 6.88. The summed E-state index contributed by atoms with van der Waals surface area (Å²) in [6.07, 6.45) is 7.05. The fourth-order valence-electron chi connectivity index (χ4n) is 2.08. The number of hydrogen-bond acceptors (Lipinski definition) is 2. The molecule has 1 fully saturated rings. The topological polar surface area (TPSA) is 18.5 Å². The molecule has 0 aromatic carbocycles. The van der Waals surface area contributed by atoms with E-state index in [1.165, 1.54) is 6.04 Å². The molecule has 0 aliphatic carbocycles. The van der Waals surface area contributed by atoms with Gasteiger partial charge in [0.15, 0.2) is 5.79 Å². The quantitative estimate of drug-likeness (QED) is 0.418. The molecular formula is C16H28O2Si. The van der Waals surface area contributed by atoms with Crippen molar-refractivity contribution in [3.05, 3.63) is 37.0 Å². The molecule has 19 heavy (non-hydrogen) atoms. The highest BCUT2D eigenvalue weighted by molar-refractivity contribution is 6.76. The van der Waals surface area contributed by atoms with Crippen molar-refractivity contribution in [1.82, 2.24) is 0 Å². The van der Waals surface area contributed by atoms with Crippen LogP contribution in [-0.2, 0) is 9.47 Å². The summed E-state index contributed by atoms with van der Waals surface area (Å²) >= 11 is 0. The Bertz CT molecular complexity index is 363. The van der Waals surface area contributed by atoms with E-state index in [1.807, 2.05) is 19.9 Å². The summed E-state index contributed by atoms with van der Waals surface area (Å²) in [6, 6.07) is 1.17. The summed E-state index contributed by atoms with van der Waals surface area (Å²) in [5, 5.41) is 0. The van der Waals surface area contributed by atoms with Gasteiger partial charge in [-0.1, -0.05) is 44.4 Å². The first-order chi connectivity index (χ1) is 8.63. The molecule has 0 unspecified atom stereocenters. The molecule has 108 valence electrons. The Balaban J connectivity index is 2.63. The molecule has 0 aromatic rings. The van der Waals surface area contributed by atoms with Gasteiger partial charge in [0.1, 0.15) is 0 Å². The molecular weight excluding hydrogens is 252 g/mol. The van der Waals surface area contributed by atoms with Gasteiger partial charge < -0.3 is 9.47 Å². The molecule has 0 spiro atoms. The normalized spacial score (nSPS) is 27.4. The van der Waals surface area contributed by atoms with E-state index in [0.29, 0.717) is 0 Å². The standard InChI is InChI=1S/C16H28O2Si/c1-8-14-12-15(18-16(3,4)17-14)13(2)10-9-11-19(5,6)7/h8-10,14-15H,1-2,11-12H2,3-7H3/b10-9+/t14-,15-/m1/s1. The second kappa shape index (κ2) is 6.20. The van der Waals surface area contributed by atoms with Gasteiger partial charge in [0.05, 0.1) is 12.2 Å². The van der Waals surface area contributed by atoms with Crippen molar-refractivity contribution in [3.63, 3.8) is 0 Å². The van der Waals surface area contributed by atoms with E-state index >= 15 is 0 Å². The Hall–Kier alpha value is -0.643. The minimum atomic E-state index is -1.03. The SMILES string of the molecule is C=C[C@@H]1C[C@H](C(=C)/C=C/C[Si](C)(C)C)OC(C)(C)O1. The summed E-state index contributed by atoms with van der Waals surface area (Å²) in [7, 11) is -1.03. The molecule has 0 bridgehead atoms. The summed E-state index contributed by atoms with van der Waals surface area (Å²) in [4.78, 5) is 0. The van der Waals surface area contributed by atoms with Crippen LogP contribution in [0, 0.1) is 0 Å². The van der Waals surface area contributed by atoms with E-state index in [4.69, 9.17) is 9.47 Å². The van der Waals surface area contributed by atoms with Crippen LogP contribution in [0.1, 0.15) is 20.3 Å². The Morgan fingerprint density at radius 2 is 1.95 bits per heavy atom. The van der Waals surface area contributed by atoms with Gasteiger partial charge in [-0.3, -0.25) is 0 Å². The third-order valence-electron chi connectivity index (χ3n) is 3.05. The Morgan fingerprint density at radius 1 is 1.32 bits per heavy atom. The van der Waals surface area contributed by atoms with Crippen molar-refractivity contribution in [3.8, 4) is 0 Å². The van der Waals surface area contributed by atoms with Crippen molar-refractivity contribution in [2.45, 2.75) is 63.9 Å². The lowest BCUT2D eigenvalue weighted by Crippen LogP contribution is -2.44. The molecule has 2 atom stereocenters. The largest absolute Gasteiger partial charge is 0.343 e. The van der Waals surface area contributed by atoms with Crippen molar-refractivity contribution in [2.75, 3.05) is 0 Å². The predicted octanol–water partition coefficient (Wildman–Crippen LogP) is 4.53. The zero-order valence-electron chi connectivity index (χ0n) is 13.0. The highest BCUT2D eigenvalue weighted by Crippen LogP contribution is 2.30. The van der Waals surface area contributed by atoms with E-state index in [1.54, 1.807) is 0 Å². The van der Waals surface area contributed by atoms with Crippen LogP contribution >= 0.6 is 0 Å². The van der Waals surface area contributed by atoms with Gasteiger partial charge in [0.2, 0.25) is 0 Å². The minimum absolute atomic E-state index is 0.0182. The van der Waals surface area contributed by atoms with Crippen molar-refractivity contribution < 1.29 is 9.47 Å². The van der Waals surface area contributed by atoms with Crippen LogP contribution in [0.2, 0.25) is 25.7 Å². The maximum atomic E-state index is 5.94. The third kappa shape index (κ3) is 5.89. The van der Waals surface area contributed by atoms with Gasteiger partial charge in [-0.15, -0.1) is 6.58 Å². The fourth-order valence-corrected chi connectivity index (χ4v) is 2.91. The zero-order valence-corrected chi connectivity index (χ0v) is 14.0. The average Bonchev–Trinajstić information content (AvgIpc) is 2.24. The summed E-state index contributed by atoms with van der Waals surface area (Å²) in [6.45, 7) is 18.9. The molecule has 0 saturated carbocycles. The Labute approximate surface area is 119 Å². The van der Waals surface area contributed by atoms with Crippen LogP contribution < -0.4 is 0 Å². The zero-order chi connectivity index (χ0) is 14.7. The lowest BCUT2D eigenvalue weighted by atomic mass is 10.0. The molecule has 1 aliphatic heterocycles. The minimum Gasteiger partial charge on any atom is -0.343 e. The summed E-state index contributed by atoms with van der Waals surface area (Å²) in [5.74, 6) is -0.572. The first kappa shape index (κ1) is 16.4. The van der Waals surface area contributed by atoms with Crippen LogP contribution in [0.4, 0.5) is 0 Å². The van der Waals surface area contributed by atoms with Crippen LogP contribution in [-0.4, -0.2) is 26.1 Å². The lowest BCUT2D eigenvalue weighted by molar-refractivity contribution is -0.281. The fraction of sp³-hybridized carbons (Fsp3) is 0.625. The molecule has 0 radical (unpaired) electrons. The lowest BCUT2D eigenvalue weighted by Gasteiger charge is -2.40. The van der Waals surface area contributed by atoms with Crippen LogP contribution in [0.15, 0.2) is 37.0 Å². The summed E-state index contributed by atoms with van der Waals surface area (Å²) < 4.78 is 11.7. The third-order valence-corrected chi connectivity index (χ3v) is 4.51. The molecule has 1 aliphatic rings. The maximum absolute atomic E-state index is 5.94. The predicted molar refractivity (Wildman–Crippen MR) is 85.1 cm³/mol. The molecule has 0 amide bonds. The average molecular weight is 280 g/mol. The second-order valence-corrected chi connectivity index (χ2v) is 12.4. The van der Waals surface area contributed by atoms with Gasteiger partial charge >= 0.3 is 0 Å². The van der Waals surface area contributed by atoms with Gasteiger partial charge in [-0.05, 0) is 25.5 Å².